The molecule has 3 nitrogen and oxygen atoms in total. The van der Waals surface area contributed by atoms with Gasteiger partial charge in [-0.05, 0) is 17.6 Å². The molecule has 0 aliphatic carbocycles. The molecule has 14 heavy (non-hydrogen) atoms. The van der Waals surface area contributed by atoms with Crippen LogP contribution in [0.3, 0.4) is 0 Å². The van der Waals surface area contributed by atoms with E-state index < -0.39 is 0 Å². The lowest BCUT2D eigenvalue weighted by Crippen LogP contribution is -1.94. The summed E-state index contributed by atoms with van der Waals surface area (Å²) < 4.78 is 8.90. The highest BCUT2D eigenvalue weighted by Crippen LogP contribution is 2.24. The van der Waals surface area contributed by atoms with Crippen molar-refractivity contribution in [2.24, 2.45) is 0 Å². The van der Waals surface area contributed by atoms with Crippen molar-refractivity contribution < 1.29 is 9.53 Å². The Bertz CT molecular complexity index is 433. The van der Waals surface area contributed by atoms with Crippen LogP contribution in [0.5, 0.6) is 5.75 Å². The average molecular weight is 225 g/mol. The Kier molecular flexibility index (Phi) is 2.60. The van der Waals surface area contributed by atoms with Crippen molar-refractivity contribution >= 4 is 28.7 Å². The fraction of sp³-hybridized carbons (Fsp3) is 0.111. The van der Waals surface area contributed by atoms with Crippen LogP contribution in [0.4, 0.5) is 0 Å². The predicted molar refractivity (Wildman–Crippen MR) is 56.4 cm³/mol. The maximum absolute atomic E-state index is 11.8. The average Bonchev–Trinajstić information content (AvgIpc) is 2.88. The Morgan fingerprint density at radius 1 is 1.50 bits per heavy atom. The summed E-state index contributed by atoms with van der Waals surface area (Å²) >= 11 is 2.59. The summed E-state index contributed by atoms with van der Waals surface area (Å²) in [5, 5.41) is 1.81. The van der Waals surface area contributed by atoms with Gasteiger partial charge in [-0.2, -0.15) is 0 Å². The van der Waals surface area contributed by atoms with E-state index in [1.807, 2.05) is 5.38 Å². The number of carbonyl (C=O) groups excluding carboxylic acids is 1. The van der Waals surface area contributed by atoms with E-state index >= 15 is 0 Å². The molecule has 2 rings (SSSR count). The van der Waals surface area contributed by atoms with Crippen molar-refractivity contribution in [2.45, 2.75) is 0 Å². The second-order valence-electron chi connectivity index (χ2n) is 2.56. The number of aromatic nitrogens is 1. The van der Waals surface area contributed by atoms with Crippen LogP contribution in [0.2, 0.25) is 0 Å². The number of hydrogen-bond donors (Lipinski definition) is 0. The fourth-order valence-corrected chi connectivity index (χ4v) is 2.42. The van der Waals surface area contributed by atoms with Gasteiger partial charge < -0.3 is 4.74 Å². The van der Waals surface area contributed by atoms with Gasteiger partial charge in [0, 0.05) is 17.6 Å². The van der Waals surface area contributed by atoms with Gasteiger partial charge in [0.25, 0.3) is 0 Å². The lowest BCUT2D eigenvalue weighted by Gasteiger charge is -1.91. The molecule has 0 N–H and O–H groups in total. The molecule has 0 aromatic carbocycles. The smallest absolute Gasteiger partial charge is 0.214 e. The number of ether oxygens (including phenoxy) is 1. The van der Waals surface area contributed by atoms with Crippen LogP contribution in [-0.4, -0.2) is 17.3 Å². The summed E-state index contributed by atoms with van der Waals surface area (Å²) in [5.74, 6) is 0.740. The van der Waals surface area contributed by atoms with Crippen LogP contribution in [0.25, 0.3) is 0 Å². The van der Waals surface area contributed by atoms with Gasteiger partial charge >= 0.3 is 0 Å². The van der Waals surface area contributed by atoms with Gasteiger partial charge in [-0.1, -0.05) is 0 Å². The first-order chi connectivity index (χ1) is 6.81. The molecule has 0 spiro atoms. The quantitative estimate of drug-likeness (QED) is 0.753. The number of thiophene rings is 1. The topological polar surface area (TPSA) is 39.2 Å². The van der Waals surface area contributed by atoms with Crippen molar-refractivity contribution in [1.29, 1.82) is 0 Å². The minimum absolute atomic E-state index is 0.0146. The largest absolute Gasteiger partial charge is 0.496 e. The van der Waals surface area contributed by atoms with Crippen molar-refractivity contribution in [1.82, 2.24) is 4.37 Å². The van der Waals surface area contributed by atoms with E-state index in [4.69, 9.17) is 4.74 Å². The van der Waals surface area contributed by atoms with Gasteiger partial charge in [-0.3, -0.25) is 4.79 Å². The van der Waals surface area contributed by atoms with Crippen molar-refractivity contribution in [2.75, 3.05) is 7.11 Å². The summed E-state index contributed by atoms with van der Waals surface area (Å²) in [6.45, 7) is 0. The molecule has 72 valence electrons. The highest BCUT2D eigenvalue weighted by molar-refractivity contribution is 7.14. The minimum Gasteiger partial charge on any atom is -0.496 e. The zero-order valence-corrected chi connectivity index (χ0v) is 9.02. The van der Waals surface area contributed by atoms with E-state index in [1.165, 1.54) is 22.9 Å². The Morgan fingerprint density at radius 3 is 2.93 bits per heavy atom. The highest BCUT2D eigenvalue weighted by Gasteiger charge is 2.13. The van der Waals surface area contributed by atoms with Crippen LogP contribution >= 0.6 is 22.9 Å². The first-order valence-electron chi connectivity index (χ1n) is 3.89. The zero-order valence-electron chi connectivity index (χ0n) is 7.39. The standard InChI is InChI=1S/C9H7NO2S2/c1-12-6-4-8(13-5-6)9(11)7-2-3-10-14-7/h2-5H,1H3. The van der Waals surface area contributed by atoms with E-state index in [-0.39, 0.29) is 5.78 Å². The molecule has 0 radical (unpaired) electrons. The molecule has 2 heterocycles. The lowest BCUT2D eigenvalue weighted by molar-refractivity contribution is 0.104. The molecular weight excluding hydrogens is 218 g/mol. The second-order valence-corrected chi connectivity index (χ2v) is 4.30. The minimum atomic E-state index is 0.0146. The number of carbonyl (C=O) groups is 1. The van der Waals surface area contributed by atoms with Gasteiger partial charge in [0.2, 0.25) is 5.78 Å². The number of nitrogens with zero attached hydrogens (tertiary/aromatic N) is 1. The molecule has 0 saturated heterocycles. The molecule has 0 fully saturated rings. The third-order valence-electron chi connectivity index (χ3n) is 1.70. The third-order valence-corrected chi connectivity index (χ3v) is 3.35. The Morgan fingerprint density at radius 2 is 2.36 bits per heavy atom. The van der Waals surface area contributed by atoms with Gasteiger partial charge in [-0.25, -0.2) is 4.37 Å². The molecule has 2 aromatic heterocycles. The molecule has 0 amide bonds. The Labute approximate surface area is 89.1 Å². The Hall–Kier alpha value is -1.20. The maximum atomic E-state index is 11.8. The fourth-order valence-electron chi connectivity index (χ4n) is 0.999. The predicted octanol–water partition coefficient (Wildman–Crippen LogP) is 2.44. The molecule has 0 saturated carbocycles. The van der Waals surface area contributed by atoms with Crippen molar-refractivity contribution in [3.05, 3.63) is 33.5 Å². The van der Waals surface area contributed by atoms with Gasteiger partial charge in [0.05, 0.1) is 16.9 Å². The van der Waals surface area contributed by atoms with E-state index in [9.17, 15) is 4.79 Å². The first-order valence-corrected chi connectivity index (χ1v) is 5.54. The molecule has 0 atom stereocenters. The molecule has 2 aromatic rings. The van der Waals surface area contributed by atoms with Crippen LogP contribution < -0.4 is 4.74 Å². The van der Waals surface area contributed by atoms with Crippen LogP contribution in [0.15, 0.2) is 23.7 Å². The monoisotopic (exact) mass is 225 g/mol. The summed E-state index contributed by atoms with van der Waals surface area (Å²) in [6, 6.07) is 3.46. The SMILES string of the molecule is COc1csc(C(=O)c2ccns2)c1. The normalized spacial score (nSPS) is 10.1. The molecule has 0 aliphatic rings. The molecule has 0 aliphatic heterocycles. The van der Waals surface area contributed by atoms with Crippen molar-refractivity contribution in [3.8, 4) is 5.75 Å². The summed E-state index contributed by atoms with van der Waals surface area (Å²) in [6.07, 6.45) is 1.63. The van der Waals surface area contributed by atoms with Crippen LogP contribution in [-0.2, 0) is 0 Å². The van der Waals surface area contributed by atoms with E-state index in [0.29, 0.717) is 9.75 Å². The van der Waals surface area contributed by atoms with Gasteiger partial charge in [0.15, 0.2) is 0 Å². The summed E-state index contributed by atoms with van der Waals surface area (Å²) in [5.41, 5.74) is 0. The third kappa shape index (κ3) is 1.69. The summed E-state index contributed by atoms with van der Waals surface area (Å²) in [7, 11) is 1.59. The molecule has 0 unspecified atom stereocenters. The zero-order chi connectivity index (χ0) is 9.97. The molecule has 5 heteroatoms. The van der Waals surface area contributed by atoms with E-state index in [0.717, 1.165) is 5.75 Å². The first kappa shape index (κ1) is 9.36. The number of hydrogen-bond acceptors (Lipinski definition) is 5. The molecular formula is C9H7NO2S2. The molecule has 0 bridgehead atoms. The van der Waals surface area contributed by atoms with Gasteiger partial charge in [0.1, 0.15) is 5.75 Å². The highest BCUT2D eigenvalue weighted by atomic mass is 32.1. The maximum Gasteiger partial charge on any atom is 0.214 e. The second kappa shape index (κ2) is 3.89. The van der Waals surface area contributed by atoms with Crippen molar-refractivity contribution in [3.63, 3.8) is 0 Å². The summed E-state index contributed by atoms with van der Waals surface area (Å²) in [4.78, 5) is 13.1. The van der Waals surface area contributed by atoms with E-state index in [2.05, 4.69) is 4.37 Å². The van der Waals surface area contributed by atoms with Crippen LogP contribution in [0.1, 0.15) is 14.5 Å². The van der Waals surface area contributed by atoms with Crippen LogP contribution in [0, 0.1) is 0 Å². The van der Waals surface area contributed by atoms with E-state index in [1.54, 1.807) is 25.4 Å². The lowest BCUT2D eigenvalue weighted by atomic mass is 10.3. The van der Waals surface area contributed by atoms with Gasteiger partial charge in [-0.15, -0.1) is 11.3 Å². The number of ketones is 1. The number of methoxy groups -OCH3 is 1. The Balaban J connectivity index is 2.28. The number of rotatable bonds is 3.